The third-order valence-electron chi connectivity index (χ3n) is 2.23. The molecule has 94 valence electrons. The van der Waals surface area contributed by atoms with Crippen LogP contribution in [0, 0.1) is 10.5 Å². The summed E-state index contributed by atoms with van der Waals surface area (Å²) in [4.78, 5) is 11.7. The summed E-state index contributed by atoms with van der Waals surface area (Å²) in [5, 5.41) is 6.03. The van der Waals surface area contributed by atoms with Crippen LogP contribution in [0.25, 0.3) is 0 Å². The van der Waals surface area contributed by atoms with Crippen LogP contribution in [0.2, 0.25) is 0 Å². The SMILES string of the molecule is Cc1ccc(NC(=O)CNC(C)(C)C)cc1I. The van der Waals surface area contributed by atoms with E-state index in [9.17, 15) is 4.79 Å². The fourth-order valence-corrected chi connectivity index (χ4v) is 1.74. The number of amides is 1. The van der Waals surface area contributed by atoms with Gasteiger partial charge in [-0.25, -0.2) is 0 Å². The summed E-state index contributed by atoms with van der Waals surface area (Å²) in [5.41, 5.74) is 2.02. The normalized spacial score (nSPS) is 11.4. The molecule has 0 aliphatic heterocycles. The van der Waals surface area contributed by atoms with E-state index in [0.29, 0.717) is 6.54 Å². The summed E-state index contributed by atoms with van der Waals surface area (Å²) in [6.07, 6.45) is 0. The molecule has 1 aromatic carbocycles. The Labute approximate surface area is 117 Å². The lowest BCUT2D eigenvalue weighted by molar-refractivity contribution is -0.115. The molecule has 0 heterocycles. The molecule has 1 amide bonds. The summed E-state index contributed by atoms with van der Waals surface area (Å²) < 4.78 is 1.16. The highest BCUT2D eigenvalue weighted by Gasteiger charge is 2.11. The van der Waals surface area contributed by atoms with Crippen LogP contribution in [0.15, 0.2) is 18.2 Å². The van der Waals surface area contributed by atoms with Crippen LogP contribution in [0.4, 0.5) is 5.69 Å². The molecule has 0 atom stereocenters. The predicted octanol–water partition coefficient (Wildman–Crippen LogP) is 2.93. The molecule has 17 heavy (non-hydrogen) atoms. The van der Waals surface area contributed by atoms with Gasteiger partial charge in [0.1, 0.15) is 0 Å². The van der Waals surface area contributed by atoms with Gasteiger partial charge in [0.15, 0.2) is 0 Å². The molecule has 0 saturated carbocycles. The smallest absolute Gasteiger partial charge is 0.238 e. The molecular formula is C13H19IN2O. The Kier molecular flexibility index (Phi) is 4.94. The minimum absolute atomic E-state index is 0.0143. The van der Waals surface area contributed by atoms with E-state index in [1.54, 1.807) is 0 Å². The van der Waals surface area contributed by atoms with Gasteiger partial charge in [0.25, 0.3) is 0 Å². The van der Waals surface area contributed by atoms with E-state index in [1.807, 2.05) is 39.0 Å². The van der Waals surface area contributed by atoms with Crippen LogP contribution in [-0.2, 0) is 4.79 Å². The zero-order valence-corrected chi connectivity index (χ0v) is 12.9. The second kappa shape index (κ2) is 5.82. The van der Waals surface area contributed by atoms with Crippen molar-refractivity contribution < 1.29 is 4.79 Å². The quantitative estimate of drug-likeness (QED) is 0.827. The maximum absolute atomic E-state index is 11.7. The molecule has 3 nitrogen and oxygen atoms in total. The van der Waals surface area contributed by atoms with E-state index in [2.05, 4.69) is 40.1 Å². The number of aryl methyl sites for hydroxylation is 1. The molecule has 4 heteroatoms. The van der Waals surface area contributed by atoms with Crippen molar-refractivity contribution in [3.05, 3.63) is 27.3 Å². The Morgan fingerprint density at radius 1 is 1.35 bits per heavy atom. The third-order valence-corrected chi connectivity index (χ3v) is 3.40. The van der Waals surface area contributed by atoms with Crippen molar-refractivity contribution in [2.45, 2.75) is 33.2 Å². The first kappa shape index (κ1) is 14.4. The topological polar surface area (TPSA) is 41.1 Å². The van der Waals surface area contributed by atoms with E-state index in [4.69, 9.17) is 0 Å². The predicted molar refractivity (Wildman–Crippen MR) is 80.3 cm³/mol. The highest BCUT2D eigenvalue weighted by atomic mass is 127. The molecule has 0 fully saturated rings. The summed E-state index contributed by atoms with van der Waals surface area (Å²) in [6.45, 7) is 8.49. The number of hydrogen-bond acceptors (Lipinski definition) is 2. The van der Waals surface area contributed by atoms with Crippen molar-refractivity contribution in [1.29, 1.82) is 0 Å². The van der Waals surface area contributed by atoms with Gasteiger partial charge in [0.2, 0.25) is 5.91 Å². The Bertz CT molecular complexity index is 410. The van der Waals surface area contributed by atoms with Crippen LogP contribution in [-0.4, -0.2) is 18.0 Å². The average molecular weight is 346 g/mol. The van der Waals surface area contributed by atoms with Gasteiger partial charge in [0, 0.05) is 14.8 Å². The second-order valence-corrected chi connectivity index (χ2v) is 6.28. The molecule has 0 aromatic heterocycles. The van der Waals surface area contributed by atoms with E-state index in [1.165, 1.54) is 5.56 Å². The molecule has 0 radical (unpaired) electrons. The summed E-state index contributed by atoms with van der Waals surface area (Å²) in [7, 11) is 0. The Balaban J connectivity index is 2.54. The van der Waals surface area contributed by atoms with E-state index in [-0.39, 0.29) is 11.4 Å². The van der Waals surface area contributed by atoms with Crippen LogP contribution in [0.3, 0.4) is 0 Å². The largest absolute Gasteiger partial charge is 0.325 e. The highest BCUT2D eigenvalue weighted by molar-refractivity contribution is 14.1. The zero-order chi connectivity index (χ0) is 13.1. The van der Waals surface area contributed by atoms with Crippen LogP contribution in [0.5, 0.6) is 0 Å². The molecule has 2 N–H and O–H groups in total. The lowest BCUT2D eigenvalue weighted by atomic mass is 10.1. The van der Waals surface area contributed by atoms with Crippen LogP contribution < -0.4 is 10.6 Å². The number of nitrogens with one attached hydrogen (secondary N) is 2. The summed E-state index contributed by atoms with van der Waals surface area (Å²) in [5.74, 6) is -0.0143. The first-order chi connectivity index (χ1) is 7.78. The number of carbonyl (C=O) groups is 1. The maximum atomic E-state index is 11.7. The highest BCUT2D eigenvalue weighted by Crippen LogP contribution is 2.16. The van der Waals surface area contributed by atoms with E-state index >= 15 is 0 Å². The molecule has 0 saturated heterocycles. The number of halogens is 1. The van der Waals surface area contributed by atoms with Crippen molar-refractivity contribution in [3.8, 4) is 0 Å². The monoisotopic (exact) mass is 346 g/mol. The molecule has 0 bridgehead atoms. The standard InChI is InChI=1S/C13H19IN2O/c1-9-5-6-10(7-11(9)14)16-12(17)8-15-13(2,3)4/h5-7,15H,8H2,1-4H3,(H,16,17). The fraction of sp³-hybridized carbons (Fsp3) is 0.462. The molecule has 0 spiro atoms. The summed E-state index contributed by atoms with van der Waals surface area (Å²) >= 11 is 2.26. The van der Waals surface area contributed by atoms with Gasteiger partial charge in [-0.1, -0.05) is 6.07 Å². The van der Waals surface area contributed by atoms with Gasteiger partial charge in [-0.15, -0.1) is 0 Å². The molecular weight excluding hydrogens is 327 g/mol. The first-order valence-corrected chi connectivity index (χ1v) is 6.67. The second-order valence-electron chi connectivity index (χ2n) is 5.12. The maximum Gasteiger partial charge on any atom is 0.238 e. The number of anilines is 1. The molecule has 1 aromatic rings. The number of rotatable bonds is 3. The van der Waals surface area contributed by atoms with Crippen molar-refractivity contribution in [2.24, 2.45) is 0 Å². The minimum Gasteiger partial charge on any atom is -0.325 e. The summed E-state index contributed by atoms with van der Waals surface area (Å²) in [6, 6.07) is 5.91. The van der Waals surface area contributed by atoms with Crippen molar-refractivity contribution in [3.63, 3.8) is 0 Å². The molecule has 0 aliphatic rings. The molecule has 0 unspecified atom stereocenters. The Morgan fingerprint density at radius 2 is 2.00 bits per heavy atom. The van der Waals surface area contributed by atoms with Crippen molar-refractivity contribution in [2.75, 3.05) is 11.9 Å². The number of benzene rings is 1. The fourth-order valence-electron chi connectivity index (χ4n) is 1.22. The van der Waals surface area contributed by atoms with Gasteiger partial charge < -0.3 is 10.6 Å². The van der Waals surface area contributed by atoms with E-state index < -0.39 is 0 Å². The van der Waals surface area contributed by atoms with Crippen LogP contribution >= 0.6 is 22.6 Å². The average Bonchev–Trinajstić information content (AvgIpc) is 2.20. The Hall–Kier alpha value is -0.620. The van der Waals surface area contributed by atoms with Gasteiger partial charge in [0.05, 0.1) is 6.54 Å². The number of hydrogen-bond donors (Lipinski definition) is 2. The first-order valence-electron chi connectivity index (χ1n) is 5.59. The number of carbonyl (C=O) groups excluding carboxylic acids is 1. The van der Waals surface area contributed by atoms with Gasteiger partial charge in [-0.05, 0) is 68.0 Å². The van der Waals surface area contributed by atoms with Crippen LogP contribution in [0.1, 0.15) is 26.3 Å². The minimum atomic E-state index is -0.0426. The molecule has 1 rings (SSSR count). The lowest BCUT2D eigenvalue weighted by Crippen LogP contribution is -2.41. The van der Waals surface area contributed by atoms with E-state index in [0.717, 1.165) is 9.26 Å². The van der Waals surface area contributed by atoms with Crippen molar-refractivity contribution in [1.82, 2.24) is 5.32 Å². The van der Waals surface area contributed by atoms with Gasteiger partial charge in [-0.3, -0.25) is 4.79 Å². The third kappa shape index (κ3) is 5.50. The van der Waals surface area contributed by atoms with Gasteiger partial charge in [-0.2, -0.15) is 0 Å². The van der Waals surface area contributed by atoms with Crippen molar-refractivity contribution >= 4 is 34.2 Å². The van der Waals surface area contributed by atoms with Gasteiger partial charge >= 0.3 is 0 Å². The Morgan fingerprint density at radius 3 is 2.53 bits per heavy atom. The zero-order valence-electron chi connectivity index (χ0n) is 10.7. The lowest BCUT2D eigenvalue weighted by Gasteiger charge is -2.20. The molecule has 0 aliphatic carbocycles.